The average molecular weight is 216 g/mol. The Labute approximate surface area is 84.1 Å². The molecule has 0 atom stereocenters. The van der Waals surface area contributed by atoms with E-state index in [9.17, 15) is 0 Å². The van der Waals surface area contributed by atoms with Crippen LogP contribution in [0.25, 0.3) is 0 Å². The molecule has 0 saturated heterocycles. The number of halogens is 1. The highest BCUT2D eigenvalue weighted by molar-refractivity contribution is 7.99. The third-order valence-electron chi connectivity index (χ3n) is 1.32. The molecule has 0 aliphatic carbocycles. The molecule has 0 aromatic carbocycles. The standard InChI is InChI=1S/C8H6ClNS2/c9-7-3-4-8(11-7)12-10-5-1-2-6-10/h1-6H. The molecule has 2 rings (SSSR count). The van der Waals surface area contributed by atoms with E-state index < -0.39 is 0 Å². The maximum Gasteiger partial charge on any atom is 0.0940 e. The molecule has 0 unspecified atom stereocenters. The van der Waals surface area contributed by atoms with Crippen LogP contribution in [0.2, 0.25) is 4.34 Å². The van der Waals surface area contributed by atoms with Gasteiger partial charge in [-0.2, -0.15) is 0 Å². The van der Waals surface area contributed by atoms with Crippen molar-refractivity contribution < 1.29 is 0 Å². The van der Waals surface area contributed by atoms with E-state index in [1.54, 1.807) is 23.3 Å². The van der Waals surface area contributed by atoms with Crippen LogP contribution in [-0.2, 0) is 0 Å². The van der Waals surface area contributed by atoms with Crippen molar-refractivity contribution in [2.45, 2.75) is 4.21 Å². The second-order valence-corrected chi connectivity index (χ2v) is 5.21. The third kappa shape index (κ3) is 1.86. The number of rotatable bonds is 2. The van der Waals surface area contributed by atoms with Crippen LogP contribution in [0.5, 0.6) is 0 Å². The summed E-state index contributed by atoms with van der Waals surface area (Å²) in [4.78, 5) is 0. The second-order valence-electron chi connectivity index (χ2n) is 2.19. The maximum absolute atomic E-state index is 5.80. The predicted octanol–water partition coefficient (Wildman–Crippen LogP) is 3.76. The molecule has 2 heterocycles. The maximum atomic E-state index is 5.80. The quantitative estimate of drug-likeness (QED) is 0.739. The van der Waals surface area contributed by atoms with Crippen LogP contribution in [-0.4, -0.2) is 3.97 Å². The third-order valence-corrected chi connectivity index (χ3v) is 3.59. The summed E-state index contributed by atoms with van der Waals surface area (Å²) >= 11 is 9.06. The van der Waals surface area contributed by atoms with E-state index in [1.807, 2.05) is 40.6 Å². The Morgan fingerprint density at radius 3 is 2.58 bits per heavy atom. The van der Waals surface area contributed by atoms with Gasteiger partial charge in [-0.25, -0.2) is 0 Å². The summed E-state index contributed by atoms with van der Waals surface area (Å²) in [6.45, 7) is 0. The van der Waals surface area contributed by atoms with Gasteiger partial charge in [0.1, 0.15) is 0 Å². The van der Waals surface area contributed by atoms with Crippen molar-refractivity contribution in [1.82, 2.24) is 3.97 Å². The summed E-state index contributed by atoms with van der Waals surface area (Å²) in [6.07, 6.45) is 4.02. The van der Waals surface area contributed by atoms with Crippen molar-refractivity contribution in [2.24, 2.45) is 0 Å². The van der Waals surface area contributed by atoms with Crippen LogP contribution in [0.4, 0.5) is 0 Å². The molecule has 0 aliphatic rings. The summed E-state index contributed by atoms with van der Waals surface area (Å²) in [6, 6.07) is 7.94. The molecular formula is C8H6ClNS2. The monoisotopic (exact) mass is 215 g/mol. The van der Waals surface area contributed by atoms with E-state index in [1.165, 1.54) is 4.21 Å². The lowest BCUT2D eigenvalue weighted by molar-refractivity contribution is 1.28. The van der Waals surface area contributed by atoms with Crippen LogP contribution in [0.15, 0.2) is 40.9 Å². The molecule has 0 fully saturated rings. The topological polar surface area (TPSA) is 4.93 Å². The summed E-state index contributed by atoms with van der Waals surface area (Å²) in [5, 5.41) is 0. The summed E-state index contributed by atoms with van der Waals surface area (Å²) in [5.41, 5.74) is 0. The molecule has 0 saturated carbocycles. The van der Waals surface area contributed by atoms with Crippen molar-refractivity contribution >= 4 is 34.9 Å². The number of nitrogens with zero attached hydrogens (tertiary/aromatic N) is 1. The molecule has 1 nitrogen and oxygen atoms in total. The highest BCUT2D eigenvalue weighted by Crippen LogP contribution is 2.30. The minimum absolute atomic E-state index is 0.838. The Morgan fingerprint density at radius 2 is 2.00 bits per heavy atom. The van der Waals surface area contributed by atoms with E-state index in [4.69, 9.17) is 11.6 Å². The Bertz CT molecular complexity index is 353. The fraction of sp³-hybridized carbons (Fsp3) is 0. The molecule has 0 spiro atoms. The van der Waals surface area contributed by atoms with E-state index in [0.717, 1.165) is 4.34 Å². The van der Waals surface area contributed by atoms with Crippen molar-refractivity contribution in [1.29, 1.82) is 0 Å². The van der Waals surface area contributed by atoms with Gasteiger partial charge >= 0.3 is 0 Å². The van der Waals surface area contributed by atoms with Crippen molar-refractivity contribution in [2.75, 3.05) is 0 Å². The molecule has 0 amide bonds. The molecule has 62 valence electrons. The van der Waals surface area contributed by atoms with Crippen molar-refractivity contribution in [3.8, 4) is 0 Å². The van der Waals surface area contributed by atoms with E-state index in [-0.39, 0.29) is 0 Å². The van der Waals surface area contributed by atoms with Gasteiger partial charge in [0.2, 0.25) is 0 Å². The zero-order valence-electron chi connectivity index (χ0n) is 6.11. The van der Waals surface area contributed by atoms with Gasteiger partial charge in [0, 0.05) is 24.3 Å². The highest BCUT2D eigenvalue weighted by atomic mass is 35.5. The molecular weight excluding hydrogens is 210 g/mol. The van der Waals surface area contributed by atoms with Crippen LogP contribution in [0, 0.1) is 0 Å². The van der Waals surface area contributed by atoms with Gasteiger partial charge in [-0.1, -0.05) is 11.6 Å². The highest BCUT2D eigenvalue weighted by Gasteiger charge is 1.98. The summed E-state index contributed by atoms with van der Waals surface area (Å²) in [5.74, 6) is 0. The van der Waals surface area contributed by atoms with Gasteiger partial charge < -0.3 is 0 Å². The fourth-order valence-electron chi connectivity index (χ4n) is 0.830. The van der Waals surface area contributed by atoms with Crippen molar-refractivity contribution in [3.63, 3.8) is 0 Å². The van der Waals surface area contributed by atoms with Gasteiger partial charge in [-0.05, 0) is 24.3 Å². The van der Waals surface area contributed by atoms with E-state index in [0.29, 0.717) is 0 Å². The summed E-state index contributed by atoms with van der Waals surface area (Å²) < 4.78 is 4.09. The van der Waals surface area contributed by atoms with Crippen LogP contribution < -0.4 is 0 Å². The number of hydrogen-bond donors (Lipinski definition) is 0. The fourth-order valence-corrected chi connectivity index (χ4v) is 3.02. The molecule has 0 N–H and O–H groups in total. The number of hydrogen-bond acceptors (Lipinski definition) is 2. The molecule has 4 heteroatoms. The lowest BCUT2D eigenvalue weighted by Crippen LogP contribution is -1.75. The number of aromatic nitrogens is 1. The van der Waals surface area contributed by atoms with E-state index in [2.05, 4.69) is 0 Å². The lowest BCUT2D eigenvalue weighted by atomic mass is 10.7. The first-order valence-corrected chi connectivity index (χ1v) is 5.38. The van der Waals surface area contributed by atoms with Gasteiger partial charge in [0.25, 0.3) is 0 Å². The second kappa shape index (κ2) is 3.56. The molecule has 0 bridgehead atoms. The van der Waals surface area contributed by atoms with Gasteiger partial charge in [-0.15, -0.1) is 11.3 Å². The molecule has 2 aromatic heterocycles. The summed E-state index contributed by atoms with van der Waals surface area (Å²) in [7, 11) is 0. The minimum Gasteiger partial charge on any atom is -0.294 e. The van der Waals surface area contributed by atoms with Gasteiger partial charge in [-0.3, -0.25) is 3.97 Å². The zero-order valence-corrected chi connectivity index (χ0v) is 8.49. The van der Waals surface area contributed by atoms with Crippen LogP contribution >= 0.6 is 34.9 Å². The Hall–Kier alpha value is -0.380. The first-order valence-electron chi connectivity index (χ1n) is 3.41. The smallest absolute Gasteiger partial charge is 0.0940 e. The van der Waals surface area contributed by atoms with Crippen LogP contribution in [0.1, 0.15) is 0 Å². The predicted molar refractivity (Wildman–Crippen MR) is 55.0 cm³/mol. The van der Waals surface area contributed by atoms with Gasteiger partial charge in [0.05, 0.1) is 8.55 Å². The zero-order chi connectivity index (χ0) is 8.39. The molecule has 0 aliphatic heterocycles. The normalized spacial score (nSPS) is 10.4. The van der Waals surface area contributed by atoms with E-state index >= 15 is 0 Å². The lowest BCUT2D eigenvalue weighted by Gasteiger charge is -1.95. The average Bonchev–Trinajstić information content (AvgIpc) is 2.63. The Balaban J connectivity index is 2.14. The molecule has 0 radical (unpaired) electrons. The molecule has 12 heavy (non-hydrogen) atoms. The molecule has 2 aromatic rings. The van der Waals surface area contributed by atoms with Gasteiger partial charge in [0.15, 0.2) is 0 Å². The first kappa shape index (κ1) is 8.23. The largest absolute Gasteiger partial charge is 0.294 e. The Kier molecular flexibility index (Phi) is 2.44. The van der Waals surface area contributed by atoms with Crippen molar-refractivity contribution in [3.05, 3.63) is 41.0 Å². The first-order chi connectivity index (χ1) is 5.84. The Morgan fingerprint density at radius 1 is 1.25 bits per heavy atom. The van der Waals surface area contributed by atoms with Crippen LogP contribution in [0.3, 0.4) is 0 Å². The minimum atomic E-state index is 0.838. The SMILES string of the molecule is Clc1ccc(Sn2cccc2)s1. The number of thiophene rings is 1.